The van der Waals surface area contributed by atoms with Crippen molar-refractivity contribution < 1.29 is 9.50 Å². The number of aliphatic hydroxyl groups excluding tert-OH is 1. The van der Waals surface area contributed by atoms with Crippen molar-refractivity contribution in [1.29, 1.82) is 0 Å². The molecular formula is C10H15FN2O. The molecule has 1 aromatic rings. The summed E-state index contributed by atoms with van der Waals surface area (Å²) >= 11 is 0. The van der Waals surface area contributed by atoms with Crippen molar-refractivity contribution >= 4 is 0 Å². The topological polar surface area (TPSA) is 59.1 Å². The minimum absolute atomic E-state index is 0.0611. The van der Waals surface area contributed by atoms with Gasteiger partial charge in [-0.05, 0) is 30.5 Å². The summed E-state index contributed by atoms with van der Waals surface area (Å²) in [7, 11) is 0.500. The Hall–Kier alpha value is -1.00. The Morgan fingerprint density at radius 1 is 1.57 bits per heavy atom. The van der Waals surface area contributed by atoms with Crippen LogP contribution in [0.1, 0.15) is 24.1 Å². The fourth-order valence-corrected chi connectivity index (χ4v) is 1.24. The van der Waals surface area contributed by atoms with Crippen LogP contribution in [-0.2, 0) is 12.1 Å². The van der Waals surface area contributed by atoms with Crippen molar-refractivity contribution in [2.75, 3.05) is 7.18 Å². The highest BCUT2D eigenvalue weighted by Crippen LogP contribution is 2.41. The van der Waals surface area contributed by atoms with Gasteiger partial charge in [-0.2, -0.15) is 0 Å². The SMILES string of the molecule is CF.NC1(c2cc(CO)ccn2)CC1. The quantitative estimate of drug-likeness (QED) is 0.748. The van der Waals surface area contributed by atoms with Gasteiger partial charge in [0, 0.05) is 6.20 Å². The second kappa shape index (κ2) is 4.48. The molecule has 14 heavy (non-hydrogen) atoms. The van der Waals surface area contributed by atoms with Crippen LogP contribution in [0.4, 0.5) is 4.39 Å². The molecule has 1 aromatic heterocycles. The van der Waals surface area contributed by atoms with Crippen molar-refractivity contribution in [3.63, 3.8) is 0 Å². The van der Waals surface area contributed by atoms with Crippen LogP contribution in [0.2, 0.25) is 0 Å². The van der Waals surface area contributed by atoms with Gasteiger partial charge >= 0.3 is 0 Å². The maximum Gasteiger partial charge on any atom is 0.0785 e. The highest BCUT2D eigenvalue weighted by Gasteiger charge is 2.41. The van der Waals surface area contributed by atoms with Gasteiger partial charge in [0.1, 0.15) is 0 Å². The number of hydrogen-bond acceptors (Lipinski definition) is 3. The smallest absolute Gasteiger partial charge is 0.0785 e. The highest BCUT2D eigenvalue weighted by atomic mass is 19.1. The van der Waals surface area contributed by atoms with Crippen LogP contribution >= 0.6 is 0 Å². The second-order valence-electron chi connectivity index (χ2n) is 3.36. The molecule has 1 heterocycles. The van der Waals surface area contributed by atoms with E-state index in [1.165, 1.54) is 0 Å². The summed E-state index contributed by atoms with van der Waals surface area (Å²) in [5, 5.41) is 8.88. The predicted octanol–water partition coefficient (Wildman–Crippen LogP) is 1.11. The van der Waals surface area contributed by atoms with Crippen molar-refractivity contribution in [2.24, 2.45) is 5.73 Å². The average molecular weight is 198 g/mol. The number of aromatic nitrogens is 1. The van der Waals surface area contributed by atoms with E-state index in [0.29, 0.717) is 7.18 Å². The van der Waals surface area contributed by atoms with Gasteiger partial charge in [0.2, 0.25) is 0 Å². The van der Waals surface area contributed by atoms with Crippen LogP contribution in [0.15, 0.2) is 18.3 Å². The Morgan fingerprint density at radius 3 is 2.71 bits per heavy atom. The number of halogens is 1. The third-order valence-electron chi connectivity index (χ3n) is 2.31. The first-order valence-corrected chi connectivity index (χ1v) is 4.47. The minimum Gasteiger partial charge on any atom is -0.392 e. The van der Waals surface area contributed by atoms with Crippen LogP contribution in [-0.4, -0.2) is 17.3 Å². The Morgan fingerprint density at radius 2 is 2.21 bits per heavy atom. The van der Waals surface area contributed by atoms with E-state index >= 15 is 0 Å². The van der Waals surface area contributed by atoms with Crippen LogP contribution in [0.25, 0.3) is 0 Å². The van der Waals surface area contributed by atoms with Gasteiger partial charge in [0.25, 0.3) is 0 Å². The lowest BCUT2D eigenvalue weighted by Crippen LogP contribution is -2.20. The molecule has 1 aliphatic rings. The molecule has 0 bridgehead atoms. The molecule has 0 unspecified atom stereocenters. The molecule has 78 valence electrons. The molecule has 0 radical (unpaired) electrons. The molecule has 1 fully saturated rings. The monoisotopic (exact) mass is 198 g/mol. The van der Waals surface area contributed by atoms with Crippen LogP contribution in [0.3, 0.4) is 0 Å². The molecule has 3 N–H and O–H groups in total. The fraction of sp³-hybridized carbons (Fsp3) is 0.500. The first-order chi connectivity index (χ1) is 6.74. The number of nitrogens with zero attached hydrogens (tertiary/aromatic N) is 1. The highest BCUT2D eigenvalue weighted by molar-refractivity contribution is 5.26. The maximum atomic E-state index is 9.50. The van der Waals surface area contributed by atoms with E-state index in [4.69, 9.17) is 10.8 Å². The standard InChI is InChI=1S/C9H12N2O.CH3F/c10-9(2-3-9)8-5-7(6-12)1-4-11-8;1-2/h1,4-5,12H,2-3,6,10H2;1H3. The van der Waals surface area contributed by atoms with Crippen molar-refractivity contribution in [3.8, 4) is 0 Å². The molecule has 0 spiro atoms. The van der Waals surface area contributed by atoms with Gasteiger partial charge in [-0.15, -0.1) is 0 Å². The van der Waals surface area contributed by atoms with Crippen LogP contribution in [0.5, 0.6) is 0 Å². The molecule has 2 rings (SSSR count). The third-order valence-corrected chi connectivity index (χ3v) is 2.31. The Balaban J connectivity index is 0.000000461. The summed E-state index contributed by atoms with van der Waals surface area (Å²) in [6.07, 6.45) is 3.72. The lowest BCUT2D eigenvalue weighted by Gasteiger charge is -2.07. The number of aliphatic hydroxyl groups is 1. The lowest BCUT2D eigenvalue weighted by atomic mass is 10.1. The maximum absolute atomic E-state index is 9.50. The molecule has 0 amide bonds. The van der Waals surface area contributed by atoms with Crippen LogP contribution in [0, 0.1) is 0 Å². The molecule has 0 saturated heterocycles. The zero-order valence-electron chi connectivity index (χ0n) is 8.20. The van der Waals surface area contributed by atoms with Crippen molar-refractivity contribution in [1.82, 2.24) is 4.98 Å². The van der Waals surface area contributed by atoms with E-state index in [9.17, 15) is 4.39 Å². The number of rotatable bonds is 2. The van der Waals surface area contributed by atoms with Crippen molar-refractivity contribution in [2.45, 2.75) is 25.0 Å². The molecule has 0 aromatic carbocycles. The Bertz CT molecular complexity index is 300. The van der Waals surface area contributed by atoms with Crippen molar-refractivity contribution in [3.05, 3.63) is 29.6 Å². The summed E-state index contributed by atoms with van der Waals surface area (Å²) in [6.45, 7) is 0.0611. The molecular weight excluding hydrogens is 183 g/mol. The summed E-state index contributed by atoms with van der Waals surface area (Å²) in [5.74, 6) is 0. The summed E-state index contributed by atoms with van der Waals surface area (Å²) in [4.78, 5) is 4.18. The Kier molecular flexibility index (Phi) is 3.55. The van der Waals surface area contributed by atoms with Gasteiger partial charge in [-0.1, -0.05) is 0 Å². The van der Waals surface area contributed by atoms with E-state index in [2.05, 4.69) is 4.98 Å². The molecule has 0 atom stereocenters. The van der Waals surface area contributed by atoms with Crippen LogP contribution < -0.4 is 5.73 Å². The molecule has 0 aliphatic heterocycles. The zero-order valence-corrected chi connectivity index (χ0v) is 8.20. The fourth-order valence-electron chi connectivity index (χ4n) is 1.24. The molecule has 4 heteroatoms. The van der Waals surface area contributed by atoms with E-state index in [0.717, 1.165) is 24.1 Å². The summed E-state index contributed by atoms with van der Waals surface area (Å²) in [5.41, 5.74) is 7.56. The Labute approximate surface area is 82.8 Å². The number of hydrogen-bond donors (Lipinski definition) is 2. The molecule has 1 aliphatic carbocycles. The first-order valence-electron chi connectivity index (χ1n) is 4.47. The van der Waals surface area contributed by atoms with E-state index in [1.807, 2.05) is 6.07 Å². The third kappa shape index (κ3) is 2.27. The predicted molar refractivity (Wildman–Crippen MR) is 52.3 cm³/mol. The van der Waals surface area contributed by atoms with Gasteiger partial charge in [0.05, 0.1) is 25.0 Å². The lowest BCUT2D eigenvalue weighted by molar-refractivity contribution is 0.281. The molecule has 3 nitrogen and oxygen atoms in total. The first kappa shape index (κ1) is 11.1. The normalized spacial score (nSPS) is 16.9. The van der Waals surface area contributed by atoms with Gasteiger partial charge in [-0.3, -0.25) is 9.37 Å². The average Bonchev–Trinajstić information content (AvgIpc) is 3.01. The second-order valence-corrected chi connectivity index (χ2v) is 3.36. The number of alkyl halides is 1. The van der Waals surface area contributed by atoms with E-state index in [-0.39, 0.29) is 12.1 Å². The van der Waals surface area contributed by atoms with E-state index < -0.39 is 0 Å². The summed E-state index contributed by atoms with van der Waals surface area (Å²) < 4.78 is 9.50. The van der Waals surface area contributed by atoms with Gasteiger partial charge in [-0.25, -0.2) is 0 Å². The van der Waals surface area contributed by atoms with E-state index in [1.54, 1.807) is 12.3 Å². The zero-order chi connectivity index (χ0) is 10.6. The number of nitrogens with two attached hydrogens (primary N) is 1. The minimum atomic E-state index is -0.189. The van der Waals surface area contributed by atoms with Gasteiger partial charge < -0.3 is 10.8 Å². The van der Waals surface area contributed by atoms with Gasteiger partial charge in [0.15, 0.2) is 0 Å². The largest absolute Gasteiger partial charge is 0.392 e. The summed E-state index contributed by atoms with van der Waals surface area (Å²) in [6, 6.07) is 3.68. The number of pyridine rings is 1. The molecule has 1 saturated carbocycles.